The summed E-state index contributed by atoms with van der Waals surface area (Å²) in [4.78, 5) is 22.2. The number of carbonyl (C=O) groups excluding carboxylic acids is 1. The number of thioether (sulfide) groups is 1. The van der Waals surface area contributed by atoms with Crippen LogP contribution < -0.4 is 5.32 Å². The van der Waals surface area contributed by atoms with Crippen LogP contribution in [0.25, 0.3) is 0 Å². The highest BCUT2D eigenvalue weighted by Crippen LogP contribution is 2.37. The Morgan fingerprint density at radius 3 is 2.38 bits per heavy atom. The molecule has 0 amide bonds. The fourth-order valence-electron chi connectivity index (χ4n) is 4.88. The zero-order valence-electron chi connectivity index (χ0n) is 18.2. The Morgan fingerprint density at radius 1 is 1.14 bits per heavy atom. The van der Waals surface area contributed by atoms with E-state index in [-0.39, 0.29) is 41.4 Å². The highest BCUT2D eigenvalue weighted by molar-refractivity contribution is 14.0. The van der Waals surface area contributed by atoms with Crippen LogP contribution in [-0.2, 0) is 9.53 Å². The summed E-state index contributed by atoms with van der Waals surface area (Å²) in [6.07, 6.45) is 6.95. The molecule has 3 rings (SSSR count). The Labute approximate surface area is 198 Å². The van der Waals surface area contributed by atoms with Crippen molar-refractivity contribution >= 4 is 47.7 Å². The van der Waals surface area contributed by atoms with Gasteiger partial charge in [0.05, 0.1) is 19.1 Å². The van der Waals surface area contributed by atoms with E-state index in [0.717, 1.165) is 45.0 Å². The predicted molar refractivity (Wildman–Crippen MR) is 132 cm³/mol. The van der Waals surface area contributed by atoms with E-state index >= 15 is 0 Å². The van der Waals surface area contributed by atoms with Crippen LogP contribution in [0.3, 0.4) is 0 Å². The SMILES string of the molecule is CCNC(=NCC1(N2CCSCC2)CCCC1)N1CCC(C(=O)OCC)CC1.I. The third kappa shape index (κ3) is 6.63. The molecule has 0 unspecified atom stereocenters. The number of ether oxygens (including phenoxy) is 1. The summed E-state index contributed by atoms with van der Waals surface area (Å²) in [6, 6.07) is 0. The molecule has 0 bridgehead atoms. The summed E-state index contributed by atoms with van der Waals surface area (Å²) in [7, 11) is 0. The van der Waals surface area contributed by atoms with Crippen molar-refractivity contribution in [3.8, 4) is 0 Å². The molecule has 2 saturated heterocycles. The Bertz CT molecular complexity index is 529. The number of esters is 1. The van der Waals surface area contributed by atoms with Crippen LogP contribution in [0.5, 0.6) is 0 Å². The maximum Gasteiger partial charge on any atom is 0.309 e. The number of carbonyl (C=O) groups is 1. The van der Waals surface area contributed by atoms with Gasteiger partial charge in [0.25, 0.3) is 0 Å². The summed E-state index contributed by atoms with van der Waals surface area (Å²) in [5.74, 6) is 3.56. The number of nitrogens with zero attached hydrogens (tertiary/aromatic N) is 3. The molecular weight excluding hydrogens is 499 g/mol. The lowest BCUT2D eigenvalue weighted by molar-refractivity contribution is -0.149. The van der Waals surface area contributed by atoms with Gasteiger partial charge >= 0.3 is 5.97 Å². The van der Waals surface area contributed by atoms with Crippen LogP contribution in [0.15, 0.2) is 4.99 Å². The van der Waals surface area contributed by atoms with Crippen LogP contribution in [0.4, 0.5) is 0 Å². The Kier molecular flexibility index (Phi) is 10.9. The van der Waals surface area contributed by atoms with Gasteiger partial charge in [-0.25, -0.2) is 0 Å². The standard InChI is InChI=1S/C21H38N4O2S.HI/c1-3-22-20(24-11-7-18(8-12-24)19(26)27-4-2)23-17-21(9-5-6-10-21)25-13-15-28-16-14-25;/h18H,3-17H2,1-2H3,(H,22,23);1H. The topological polar surface area (TPSA) is 57.2 Å². The van der Waals surface area contributed by atoms with E-state index in [4.69, 9.17) is 9.73 Å². The van der Waals surface area contributed by atoms with Gasteiger partial charge in [-0.3, -0.25) is 14.7 Å². The van der Waals surface area contributed by atoms with Crippen LogP contribution in [-0.4, -0.2) is 84.6 Å². The molecular formula is C21H39IN4O2S. The zero-order chi connectivity index (χ0) is 19.8. The van der Waals surface area contributed by atoms with Gasteiger partial charge in [0.1, 0.15) is 0 Å². The molecule has 8 heteroatoms. The first-order valence-electron chi connectivity index (χ1n) is 11.2. The number of hydrogen-bond acceptors (Lipinski definition) is 5. The second-order valence-electron chi connectivity index (χ2n) is 8.21. The van der Waals surface area contributed by atoms with E-state index in [1.54, 1.807) is 0 Å². The van der Waals surface area contributed by atoms with Crippen molar-refractivity contribution in [3.63, 3.8) is 0 Å². The second kappa shape index (κ2) is 12.6. The Balaban J connectivity index is 0.00000300. The molecule has 1 N–H and O–H groups in total. The fraction of sp³-hybridized carbons (Fsp3) is 0.905. The average Bonchev–Trinajstić information content (AvgIpc) is 3.22. The Morgan fingerprint density at radius 2 is 1.79 bits per heavy atom. The lowest BCUT2D eigenvalue weighted by Crippen LogP contribution is -2.53. The van der Waals surface area contributed by atoms with Gasteiger partial charge in [-0.15, -0.1) is 24.0 Å². The molecule has 2 aliphatic heterocycles. The molecule has 168 valence electrons. The lowest BCUT2D eigenvalue weighted by atomic mass is 9.94. The van der Waals surface area contributed by atoms with Crippen molar-refractivity contribution in [2.45, 2.75) is 57.9 Å². The molecule has 0 aromatic carbocycles. The van der Waals surface area contributed by atoms with Gasteiger partial charge in [-0.1, -0.05) is 12.8 Å². The van der Waals surface area contributed by atoms with Crippen molar-refractivity contribution in [2.75, 3.05) is 57.4 Å². The van der Waals surface area contributed by atoms with Gasteiger partial charge in [0, 0.05) is 49.8 Å². The highest BCUT2D eigenvalue weighted by atomic mass is 127. The molecule has 6 nitrogen and oxygen atoms in total. The van der Waals surface area contributed by atoms with Gasteiger partial charge in [-0.2, -0.15) is 11.8 Å². The number of nitrogens with one attached hydrogen (secondary N) is 1. The normalized spacial score (nSPS) is 23.5. The van der Waals surface area contributed by atoms with Gasteiger partial charge in [-0.05, 0) is 39.5 Å². The average molecular weight is 539 g/mol. The number of piperidine rings is 1. The second-order valence-corrected chi connectivity index (χ2v) is 9.44. The molecule has 0 aromatic rings. The molecule has 1 aliphatic carbocycles. The minimum Gasteiger partial charge on any atom is -0.466 e. The minimum atomic E-state index is -0.0306. The summed E-state index contributed by atoms with van der Waals surface area (Å²) in [5, 5.41) is 3.50. The van der Waals surface area contributed by atoms with E-state index in [1.165, 1.54) is 50.3 Å². The van der Waals surface area contributed by atoms with E-state index in [2.05, 4.69) is 33.8 Å². The number of halogens is 1. The summed E-state index contributed by atoms with van der Waals surface area (Å²) < 4.78 is 5.21. The molecule has 2 heterocycles. The smallest absolute Gasteiger partial charge is 0.309 e. The molecule has 0 radical (unpaired) electrons. The summed E-state index contributed by atoms with van der Waals surface area (Å²) in [5.41, 5.74) is 0.269. The van der Waals surface area contributed by atoms with Crippen molar-refractivity contribution in [2.24, 2.45) is 10.9 Å². The van der Waals surface area contributed by atoms with E-state index in [0.29, 0.717) is 6.61 Å². The third-order valence-corrected chi connectivity index (χ3v) is 7.43. The monoisotopic (exact) mass is 538 g/mol. The van der Waals surface area contributed by atoms with Crippen molar-refractivity contribution in [3.05, 3.63) is 0 Å². The highest BCUT2D eigenvalue weighted by Gasteiger charge is 2.40. The number of aliphatic imine (C=N–C) groups is 1. The van der Waals surface area contributed by atoms with Gasteiger partial charge in [0.2, 0.25) is 0 Å². The van der Waals surface area contributed by atoms with E-state index < -0.39 is 0 Å². The number of guanidine groups is 1. The molecule has 1 saturated carbocycles. The van der Waals surface area contributed by atoms with Crippen LogP contribution in [0.2, 0.25) is 0 Å². The molecule has 0 atom stereocenters. The molecule has 0 aromatic heterocycles. The first-order valence-corrected chi connectivity index (χ1v) is 12.4. The van der Waals surface area contributed by atoms with E-state index in [1.807, 2.05) is 6.92 Å². The first kappa shape index (κ1) is 25.0. The number of rotatable bonds is 6. The number of hydrogen-bond donors (Lipinski definition) is 1. The zero-order valence-corrected chi connectivity index (χ0v) is 21.3. The molecule has 3 fully saturated rings. The maximum absolute atomic E-state index is 12.0. The lowest BCUT2D eigenvalue weighted by Gasteiger charge is -2.43. The van der Waals surface area contributed by atoms with Gasteiger partial charge < -0.3 is 15.0 Å². The van der Waals surface area contributed by atoms with Gasteiger partial charge in [0.15, 0.2) is 5.96 Å². The quantitative estimate of drug-likeness (QED) is 0.243. The number of likely N-dealkylation sites (tertiary alicyclic amines) is 1. The largest absolute Gasteiger partial charge is 0.466 e. The first-order chi connectivity index (χ1) is 13.7. The minimum absolute atomic E-state index is 0. The van der Waals surface area contributed by atoms with Crippen LogP contribution in [0.1, 0.15) is 52.4 Å². The molecule has 0 spiro atoms. The van der Waals surface area contributed by atoms with Crippen LogP contribution in [0, 0.1) is 5.92 Å². The van der Waals surface area contributed by atoms with Crippen molar-refractivity contribution in [1.82, 2.24) is 15.1 Å². The summed E-state index contributed by atoms with van der Waals surface area (Å²) in [6.45, 7) is 10.4. The van der Waals surface area contributed by atoms with E-state index in [9.17, 15) is 4.79 Å². The van der Waals surface area contributed by atoms with Crippen molar-refractivity contribution in [1.29, 1.82) is 0 Å². The van der Waals surface area contributed by atoms with Crippen LogP contribution >= 0.6 is 35.7 Å². The predicted octanol–water partition coefficient (Wildman–Crippen LogP) is 3.21. The summed E-state index contributed by atoms with van der Waals surface area (Å²) >= 11 is 2.08. The van der Waals surface area contributed by atoms with Crippen molar-refractivity contribution < 1.29 is 9.53 Å². The third-order valence-electron chi connectivity index (χ3n) is 6.49. The molecule has 29 heavy (non-hydrogen) atoms. The maximum atomic E-state index is 12.0. The fourth-order valence-corrected chi connectivity index (χ4v) is 5.78. The molecule has 3 aliphatic rings. The Hall–Kier alpha value is -0.220.